The molecule has 1 aromatic rings. The smallest absolute Gasteiger partial charge is 1.00 e. The standard InChI is InChI=1S/C11H15.ClH.Mg/c1-4-10-6-9(3)7-11(5-2)8-10;;/h6-7H,4-5H2,1-3H3;1H;/q-1;;+2/p-1. The second-order valence-electron chi connectivity index (χ2n) is 2.92. The number of rotatable bonds is 2. The molecular weight excluding hydrogens is 192 g/mol. The average molecular weight is 207 g/mol. The van der Waals surface area contributed by atoms with E-state index in [-0.39, 0.29) is 35.5 Å². The summed E-state index contributed by atoms with van der Waals surface area (Å²) in [5.41, 5.74) is 4.03. The first-order chi connectivity index (χ1) is 5.26. The Bertz CT molecular complexity index is 224. The van der Waals surface area contributed by atoms with E-state index in [1.807, 2.05) is 0 Å². The molecule has 0 radical (unpaired) electrons. The van der Waals surface area contributed by atoms with Gasteiger partial charge in [0.15, 0.2) is 0 Å². The van der Waals surface area contributed by atoms with Crippen LogP contribution in [0.2, 0.25) is 0 Å². The molecule has 0 nitrogen and oxygen atoms in total. The summed E-state index contributed by atoms with van der Waals surface area (Å²) in [5.74, 6) is 0. The third-order valence-electron chi connectivity index (χ3n) is 1.89. The topological polar surface area (TPSA) is 0 Å². The molecule has 0 amide bonds. The summed E-state index contributed by atoms with van der Waals surface area (Å²) in [4.78, 5) is 0. The van der Waals surface area contributed by atoms with Gasteiger partial charge in [-0.2, -0.15) is 34.9 Å². The molecule has 0 atom stereocenters. The van der Waals surface area contributed by atoms with Gasteiger partial charge in [0, 0.05) is 0 Å². The molecule has 0 aromatic heterocycles. The van der Waals surface area contributed by atoms with E-state index in [2.05, 4.69) is 39.0 Å². The molecule has 13 heavy (non-hydrogen) atoms. The number of benzene rings is 1. The molecule has 0 unspecified atom stereocenters. The normalized spacial score (nSPS) is 8.54. The van der Waals surface area contributed by atoms with Gasteiger partial charge in [-0.05, 0) is 0 Å². The monoisotopic (exact) mass is 206 g/mol. The van der Waals surface area contributed by atoms with Crippen molar-refractivity contribution in [3.63, 3.8) is 0 Å². The SMILES string of the molecule is CCc1[c-]c(CC)cc(C)c1.[Cl-].[Mg+2]. The first-order valence-corrected chi connectivity index (χ1v) is 4.28. The van der Waals surface area contributed by atoms with Crippen molar-refractivity contribution in [3.05, 3.63) is 34.9 Å². The average Bonchev–Trinajstić information content (AvgIpc) is 2.03. The minimum Gasteiger partial charge on any atom is -1.00 e. The summed E-state index contributed by atoms with van der Waals surface area (Å²) in [6.45, 7) is 6.49. The maximum absolute atomic E-state index is 3.38. The molecule has 0 aliphatic carbocycles. The van der Waals surface area contributed by atoms with Crippen LogP contribution in [0.15, 0.2) is 12.1 Å². The van der Waals surface area contributed by atoms with Crippen LogP contribution in [-0.2, 0) is 12.8 Å². The van der Waals surface area contributed by atoms with Gasteiger partial charge < -0.3 is 12.4 Å². The van der Waals surface area contributed by atoms with E-state index in [0.717, 1.165) is 12.8 Å². The van der Waals surface area contributed by atoms with Crippen molar-refractivity contribution in [2.24, 2.45) is 0 Å². The quantitative estimate of drug-likeness (QED) is 0.454. The van der Waals surface area contributed by atoms with Crippen LogP contribution in [0.25, 0.3) is 0 Å². The molecule has 0 aliphatic rings. The Hall–Kier alpha value is 0.276. The Morgan fingerprint density at radius 3 is 1.77 bits per heavy atom. The molecule has 0 aliphatic heterocycles. The summed E-state index contributed by atoms with van der Waals surface area (Å²) in [5, 5.41) is 0. The fourth-order valence-corrected chi connectivity index (χ4v) is 1.25. The van der Waals surface area contributed by atoms with Gasteiger partial charge in [-0.3, -0.25) is 0 Å². The molecule has 2 heteroatoms. The Morgan fingerprint density at radius 2 is 1.46 bits per heavy atom. The molecule has 68 valence electrons. The number of aryl methyl sites for hydroxylation is 3. The summed E-state index contributed by atoms with van der Waals surface area (Å²) >= 11 is 0. The molecule has 0 saturated heterocycles. The minimum absolute atomic E-state index is 0. The van der Waals surface area contributed by atoms with Crippen LogP contribution >= 0.6 is 0 Å². The van der Waals surface area contributed by atoms with Gasteiger partial charge in [0.1, 0.15) is 0 Å². The summed E-state index contributed by atoms with van der Waals surface area (Å²) in [6, 6.07) is 7.80. The third kappa shape index (κ3) is 4.89. The fraction of sp³-hybridized carbons (Fsp3) is 0.455. The van der Waals surface area contributed by atoms with Crippen LogP contribution in [0.4, 0.5) is 0 Å². The number of hydrogen-bond acceptors (Lipinski definition) is 0. The maximum atomic E-state index is 3.38. The zero-order valence-corrected chi connectivity index (χ0v) is 10.8. The van der Waals surface area contributed by atoms with Crippen LogP contribution in [-0.4, -0.2) is 23.1 Å². The zero-order valence-electron chi connectivity index (χ0n) is 8.65. The van der Waals surface area contributed by atoms with Crippen LogP contribution in [0, 0.1) is 13.0 Å². The van der Waals surface area contributed by atoms with Gasteiger partial charge in [-0.25, -0.2) is 0 Å². The van der Waals surface area contributed by atoms with Crippen molar-refractivity contribution in [2.45, 2.75) is 33.6 Å². The van der Waals surface area contributed by atoms with Crippen molar-refractivity contribution in [2.75, 3.05) is 0 Å². The van der Waals surface area contributed by atoms with E-state index in [1.165, 1.54) is 16.7 Å². The van der Waals surface area contributed by atoms with Gasteiger partial charge in [-0.1, -0.05) is 33.6 Å². The van der Waals surface area contributed by atoms with Crippen molar-refractivity contribution >= 4 is 23.1 Å². The number of halogens is 1. The first kappa shape index (κ1) is 15.7. The van der Waals surface area contributed by atoms with Crippen molar-refractivity contribution < 1.29 is 12.4 Å². The summed E-state index contributed by atoms with van der Waals surface area (Å²) in [7, 11) is 0. The minimum atomic E-state index is 0. The van der Waals surface area contributed by atoms with Gasteiger partial charge in [0.2, 0.25) is 0 Å². The largest absolute Gasteiger partial charge is 2.00 e. The van der Waals surface area contributed by atoms with E-state index in [0.29, 0.717) is 0 Å². The molecule has 0 bridgehead atoms. The van der Waals surface area contributed by atoms with Gasteiger partial charge in [0.25, 0.3) is 0 Å². The molecule has 0 spiro atoms. The third-order valence-corrected chi connectivity index (χ3v) is 1.89. The maximum Gasteiger partial charge on any atom is 2.00 e. The Kier molecular flexibility index (Phi) is 9.27. The molecule has 1 aromatic carbocycles. The van der Waals surface area contributed by atoms with Crippen molar-refractivity contribution in [1.82, 2.24) is 0 Å². The van der Waals surface area contributed by atoms with E-state index in [1.54, 1.807) is 0 Å². The molecule has 1 rings (SSSR count). The van der Waals surface area contributed by atoms with E-state index < -0.39 is 0 Å². The fourth-order valence-electron chi connectivity index (χ4n) is 1.25. The molecule has 0 heterocycles. The zero-order chi connectivity index (χ0) is 8.27. The Morgan fingerprint density at radius 1 is 1.08 bits per heavy atom. The Labute approximate surface area is 104 Å². The van der Waals surface area contributed by atoms with Crippen molar-refractivity contribution in [3.8, 4) is 0 Å². The van der Waals surface area contributed by atoms with E-state index in [4.69, 9.17) is 0 Å². The van der Waals surface area contributed by atoms with Crippen LogP contribution in [0.1, 0.15) is 30.5 Å². The van der Waals surface area contributed by atoms with E-state index >= 15 is 0 Å². The number of hydrogen-bond donors (Lipinski definition) is 0. The van der Waals surface area contributed by atoms with E-state index in [9.17, 15) is 0 Å². The van der Waals surface area contributed by atoms with Gasteiger partial charge >= 0.3 is 23.1 Å². The molecule has 0 N–H and O–H groups in total. The molecule has 0 saturated carbocycles. The second-order valence-corrected chi connectivity index (χ2v) is 2.92. The predicted octanol–water partition coefficient (Wildman–Crippen LogP) is -0.457. The second kappa shape index (κ2) is 7.66. The Balaban J connectivity index is 0. The van der Waals surface area contributed by atoms with Crippen LogP contribution in [0.3, 0.4) is 0 Å². The van der Waals surface area contributed by atoms with Crippen LogP contribution < -0.4 is 12.4 Å². The van der Waals surface area contributed by atoms with Crippen LogP contribution in [0.5, 0.6) is 0 Å². The first-order valence-electron chi connectivity index (χ1n) is 4.28. The predicted molar refractivity (Wildman–Crippen MR) is 54.5 cm³/mol. The molecule has 0 fully saturated rings. The summed E-state index contributed by atoms with van der Waals surface area (Å²) < 4.78 is 0. The van der Waals surface area contributed by atoms with Gasteiger partial charge in [0.05, 0.1) is 0 Å². The molecular formula is C11H15ClMg. The van der Waals surface area contributed by atoms with Gasteiger partial charge in [-0.15, -0.1) is 0 Å². The van der Waals surface area contributed by atoms with Crippen molar-refractivity contribution in [1.29, 1.82) is 0 Å². The summed E-state index contributed by atoms with van der Waals surface area (Å²) in [6.07, 6.45) is 2.18.